The van der Waals surface area contributed by atoms with E-state index in [1.807, 2.05) is 37.3 Å². The van der Waals surface area contributed by atoms with Crippen LogP contribution in [0.5, 0.6) is 11.5 Å². The molecule has 4 heteroatoms. The van der Waals surface area contributed by atoms with Crippen molar-refractivity contribution in [3.63, 3.8) is 0 Å². The van der Waals surface area contributed by atoms with Crippen LogP contribution in [0.1, 0.15) is 16.7 Å². The second-order valence-electron chi connectivity index (χ2n) is 4.40. The minimum absolute atomic E-state index is 0.424. The van der Waals surface area contributed by atoms with Crippen molar-refractivity contribution in [2.24, 2.45) is 5.16 Å². The van der Waals surface area contributed by atoms with Gasteiger partial charge in [0.25, 0.3) is 0 Å². The minimum atomic E-state index is 0.424. The highest BCUT2D eigenvalue weighted by Crippen LogP contribution is 2.30. The van der Waals surface area contributed by atoms with Gasteiger partial charge in [-0.05, 0) is 24.6 Å². The smallest absolute Gasteiger partial charge is 0.170 e. The Bertz CT molecular complexity index is 591. The van der Waals surface area contributed by atoms with E-state index in [0.29, 0.717) is 23.7 Å². The van der Waals surface area contributed by atoms with Gasteiger partial charge in [-0.3, -0.25) is 0 Å². The van der Waals surface area contributed by atoms with Gasteiger partial charge in [-0.15, -0.1) is 0 Å². The zero-order valence-corrected chi connectivity index (χ0v) is 11.5. The van der Waals surface area contributed by atoms with Crippen LogP contribution in [0.2, 0.25) is 0 Å². The predicted octanol–water partition coefficient (Wildman–Crippen LogP) is 3.39. The van der Waals surface area contributed by atoms with Crippen LogP contribution in [0.3, 0.4) is 0 Å². The average Bonchev–Trinajstić information content (AvgIpc) is 2.47. The quantitative estimate of drug-likeness (QED) is 0.515. The molecule has 0 bridgehead atoms. The second kappa shape index (κ2) is 6.61. The molecule has 0 aromatic heterocycles. The Hall–Kier alpha value is -2.49. The Balaban J connectivity index is 2.21. The van der Waals surface area contributed by atoms with Crippen LogP contribution in [0.4, 0.5) is 0 Å². The molecule has 2 aromatic rings. The molecular formula is C16H17NO3. The van der Waals surface area contributed by atoms with Gasteiger partial charge in [0, 0.05) is 5.56 Å². The topological polar surface area (TPSA) is 51.0 Å². The number of hydrogen-bond acceptors (Lipinski definition) is 4. The largest absolute Gasteiger partial charge is 0.493 e. The number of aryl methyl sites for hydroxylation is 1. The first-order valence-corrected chi connectivity index (χ1v) is 6.27. The molecule has 0 saturated heterocycles. The first-order chi connectivity index (χ1) is 9.74. The standard InChI is InChI=1S/C16H17NO3/c1-12-6-8-13(9-7-12)11-20-16-14(10-17-18)4-3-5-15(16)19-2/h3-10,18H,11H2,1-2H3. The van der Waals surface area contributed by atoms with Crippen LogP contribution in [0, 0.1) is 6.92 Å². The second-order valence-corrected chi connectivity index (χ2v) is 4.40. The first kappa shape index (κ1) is 13.9. The van der Waals surface area contributed by atoms with Crippen molar-refractivity contribution in [3.05, 3.63) is 59.2 Å². The van der Waals surface area contributed by atoms with Gasteiger partial charge in [-0.1, -0.05) is 41.1 Å². The maximum Gasteiger partial charge on any atom is 0.170 e. The van der Waals surface area contributed by atoms with Crippen LogP contribution in [-0.2, 0) is 6.61 Å². The number of nitrogens with zero attached hydrogens (tertiary/aromatic N) is 1. The molecule has 0 aliphatic heterocycles. The lowest BCUT2D eigenvalue weighted by Crippen LogP contribution is -2.01. The summed E-state index contributed by atoms with van der Waals surface area (Å²) in [5.41, 5.74) is 2.94. The number of methoxy groups -OCH3 is 1. The van der Waals surface area contributed by atoms with Gasteiger partial charge >= 0.3 is 0 Å². The van der Waals surface area contributed by atoms with Gasteiger partial charge < -0.3 is 14.7 Å². The molecule has 0 spiro atoms. The van der Waals surface area contributed by atoms with Crippen molar-refractivity contribution in [1.29, 1.82) is 0 Å². The summed E-state index contributed by atoms with van der Waals surface area (Å²) in [5, 5.41) is 11.7. The summed E-state index contributed by atoms with van der Waals surface area (Å²) in [6, 6.07) is 13.5. The van der Waals surface area contributed by atoms with Crippen LogP contribution >= 0.6 is 0 Å². The van der Waals surface area contributed by atoms with Crippen LogP contribution in [-0.4, -0.2) is 18.5 Å². The summed E-state index contributed by atoms with van der Waals surface area (Å²) in [7, 11) is 1.58. The van der Waals surface area contributed by atoms with Crippen molar-refractivity contribution in [2.75, 3.05) is 7.11 Å². The molecule has 0 aliphatic carbocycles. The molecule has 0 saturated carbocycles. The molecule has 104 valence electrons. The summed E-state index contributed by atoms with van der Waals surface area (Å²) in [6.07, 6.45) is 1.33. The lowest BCUT2D eigenvalue weighted by Gasteiger charge is -2.13. The maximum atomic E-state index is 8.70. The van der Waals surface area contributed by atoms with E-state index in [9.17, 15) is 0 Å². The Morgan fingerprint density at radius 3 is 2.55 bits per heavy atom. The Labute approximate surface area is 118 Å². The lowest BCUT2D eigenvalue weighted by molar-refractivity contribution is 0.283. The monoisotopic (exact) mass is 271 g/mol. The number of hydrogen-bond donors (Lipinski definition) is 1. The Morgan fingerprint density at radius 1 is 1.15 bits per heavy atom. The van der Waals surface area contributed by atoms with Crippen molar-refractivity contribution in [1.82, 2.24) is 0 Å². The van der Waals surface area contributed by atoms with E-state index in [1.54, 1.807) is 19.2 Å². The molecule has 0 fully saturated rings. The van der Waals surface area contributed by atoms with E-state index in [4.69, 9.17) is 14.7 Å². The predicted molar refractivity (Wildman–Crippen MR) is 77.9 cm³/mol. The van der Waals surface area contributed by atoms with E-state index >= 15 is 0 Å². The highest BCUT2D eigenvalue weighted by molar-refractivity contribution is 5.84. The Morgan fingerprint density at radius 2 is 1.90 bits per heavy atom. The molecular weight excluding hydrogens is 254 g/mol. The molecule has 0 heterocycles. The minimum Gasteiger partial charge on any atom is -0.493 e. The normalized spacial score (nSPS) is 10.7. The van der Waals surface area contributed by atoms with Gasteiger partial charge in [0.1, 0.15) is 6.61 Å². The average molecular weight is 271 g/mol. The zero-order chi connectivity index (χ0) is 14.4. The highest BCUT2D eigenvalue weighted by Gasteiger charge is 2.09. The van der Waals surface area contributed by atoms with Gasteiger partial charge in [0.15, 0.2) is 11.5 Å². The number of oxime groups is 1. The number of ether oxygens (including phenoxy) is 2. The van der Waals surface area contributed by atoms with Crippen LogP contribution in [0.15, 0.2) is 47.6 Å². The van der Waals surface area contributed by atoms with E-state index in [1.165, 1.54) is 11.8 Å². The fourth-order valence-corrected chi connectivity index (χ4v) is 1.85. The van der Waals surface area contributed by atoms with Crippen molar-refractivity contribution in [2.45, 2.75) is 13.5 Å². The molecule has 4 nitrogen and oxygen atoms in total. The fourth-order valence-electron chi connectivity index (χ4n) is 1.85. The van der Waals surface area contributed by atoms with E-state index in [2.05, 4.69) is 5.16 Å². The summed E-state index contributed by atoms with van der Waals surface area (Å²) >= 11 is 0. The third kappa shape index (κ3) is 3.29. The fraction of sp³-hybridized carbons (Fsp3) is 0.188. The lowest BCUT2D eigenvalue weighted by atomic mass is 10.1. The highest BCUT2D eigenvalue weighted by atomic mass is 16.5. The molecule has 0 radical (unpaired) electrons. The summed E-state index contributed by atoms with van der Waals surface area (Å²) in [5.74, 6) is 1.17. The molecule has 2 aromatic carbocycles. The van der Waals surface area contributed by atoms with E-state index in [0.717, 1.165) is 5.56 Å². The van der Waals surface area contributed by atoms with Crippen molar-refractivity contribution >= 4 is 6.21 Å². The van der Waals surface area contributed by atoms with E-state index in [-0.39, 0.29) is 0 Å². The number of para-hydroxylation sites is 1. The van der Waals surface area contributed by atoms with Crippen molar-refractivity contribution < 1.29 is 14.7 Å². The molecule has 0 atom stereocenters. The van der Waals surface area contributed by atoms with Gasteiger partial charge in [-0.2, -0.15) is 0 Å². The Kier molecular flexibility index (Phi) is 4.60. The molecule has 20 heavy (non-hydrogen) atoms. The van der Waals surface area contributed by atoms with Gasteiger partial charge in [0.05, 0.1) is 13.3 Å². The summed E-state index contributed by atoms with van der Waals surface area (Å²) in [6.45, 7) is 2.47. The summed E-state index contributed by atoms with van der Waals surface area (Å²) < 4.78 is 11.1. The third-order valence-corrected chi connectivity index (χ3v) is 2.93. The molecule has 0 aliphatic rings. The van der Waals surface area contributed by atoms with Crippen molar-refractivity contribution in [3.8, 4) is 11.5 Å². The maximum absolute atomic E-state index is 8.70. The van der Waals surface area contributed by atoms with Gasteiger partial charge in [0.2, 0.25) is 0 Å². The molecule has 2 rings (SSSR count). The SMILES string of the molecule is COc1cccc(C=NO)c1OCc1ccc(C)cc1. The first-order valence-electron chi connectivity index (χ1n) is 6.27. The summed E-state index contributed by atoms with van der Waals surface area (Å²) in [4.78, 5) is 0. The third-order valence-electron chi connectivity index (χ3n) is 2.93. The van der Waals surface area contributed by atoms with Gasteiger partial charge in [-0.25, -0.2) is 0 Å². The zero-order valence-electron chi connectivity index (χ0n) is 11.5. The van der Waals surface area contributed by atoms with Crippen LogP contribution < -0.4 is 9.47 Å². The molecule has 0 amide bonds. The number of rotatable bonds is 5. The van der Waals surface area contributed by atoms with Crippen LogP contribution in [0.25, 0.3) is 0 Å². The van der Waals surface area contributed by atoms with E-state index < -0.39 is 0 Å². The number of benzene rings is 2. The molecule has 0 unspecified atom stereocenters. The molecule has 1 N–H and O–H groups in total.